The molecule has 0 bridgehead atoms. The van der Waals surface area contributed by atoms with Gasteiger partial charge in [0.2, 0.25) is 0 Å². The first-order valence-electron chi connectivity index (χ1n) is 11.5. The van der Waals surface area contributed by atoms with Gasteiger partial charge in [-0.3, -0.25) is 14.6 Å². The maximum absolute atomic E-state index is 13.3. The maximum atomic E-state index is 13.3. The number of hydrogen-bond acceptors (Lipinski definition) is 5. The molecule has 1 atom stereocenters. The molecule has 0 spiro atoms. The highest BCUT2D eigenvalue weighted by Crippen LogP contribution is 2.41. The molecule has 4 rings (SSSR count). The van der Waals surface area contributed by atoms with Crippen LogP contribution >= 0.6 is 11.6 Å². The number of ether oxygens (including phenoxy) is 1. The number of pyridine rings is 1. The molecule has 0 aliphatic carbocycles. The smallest absolute Gasteiger partial charge is 0.295 e. The molecule has 1 unspecified atom stereocenters. The van der Waals surface area contributed by atoms with Gasteiger partial charge in [0.1, 0.15) is 11.5 Å². The number of ketones is 1. The van der Waals surface area contributed by atoms with E-state index >= 15 is 0 Å². The summed E-state index contributed by atoms with van der Waals surface area (Å²) in [6.45, 7) is 6.66. The lowest BCUT2D eigenvalue weighted by atomic mass is 9.93. The summed E-state index contributed by atoms with van der Waals surface area (Å²) in [5, 5.41) is 11.9. The zero-order valence-electron chi connectivity index (χ0n) is 19.9. The Kier molecular flexibility index (Phi) is 7.22. The zero-order valence-corrected chi connectivity index (χ0v) is 20.6. The van der Waals surface area contributed by atoms with Crippen LogP contribution in [0.2, 0.25) is 5.02 Å². The molecule has 1 saturated heterocycles. The fourth-order valence-electron chi connectivity index (χ4n) is 4.31. The molecule has 6 nitrogen and oxygen atoms in total. The molecule has 3 aromatic rings. The first-order chi connectivity index (χ1) is 16.8. The Balaban J connectivity index is 1.86. The standard InChI is InChI=1S/C28H27ClN2O4/c1-4-35-23-12-9-20(14-22(23)17(2)3)26(32)24-25(19-7-10-21(29)11-8-19)31(28(34)27(24)33)16-18-6-5-13-30-15-18/h5-15,17,25,32H,4,16H2,1-3H3/b26-24-. The van der Waals surface area contributed by atoms with Gasteiger partial charge in [0.15, 0.2) is 0 Å². The van der Waals surface area contributed by atoms with Crippen LogP contribution < -0.4 is 4.74 Å². The van der Waals surface area contributed by atoms with Crippen LogP contribution in [0.3, 0.4) is 0 Å². The number of carbonyl (C=O) groups excluding carboxylic acids is 2. The van der Waals surface area contributed by atoms with Crippen LogP contribution in [0.5, 0.6) is 5.75 Å². The molecular formula is C28H27ClN2O4. The number of nitrogens with zero attached hydrogens (tertiary/aromatic N) is 2. The third-order valence-corrected chi connectivity index (χ3v) is 6.26. The highest BCUT2D eigenvalue weighted by molar-refractivity contribution is 6.46. The molecule has 2 aromatic carbocycles. The topological polar surface area (TPSA) is 79.7 Å². The lowest BCUT2D eigenvalue weighted by molar-refractivity contribution is -0.140. The van der Waals surface area contributed by atoms with E-state index in [-0.39, 0.29) is 23.8 Å². The summed E-state index contributed by atoms with van der Waals surface area (Å²) < 4.78 is 5.74. The molecule has 180 valence electrons. The number of aromatic nitrogens is 1. The van der Waals surface area contributed by atoms with Gasteiger partial charge in [0.05, 0.1) is 18.2 Å². The Morgan fingerprint density at radius 2 is 1.89 bits per heavy atom. The van der Waals surface area contributed by atoms with E-state index in [4.69, 9.17) is 16.3 Å². The number of aliphatic hydroxyl groups is 1. The van der Waals surface area contributed by atoms with E-state index in [2.05, 4.69) is 4.98 Å². The van der Waals surface area contributed by atoms with E-state index in [1.54, 1.807) is 54.9 Å². The second-order valence-electron chi connectivity index (χ2n) is 8.68. The average Bonchev–Trinajstić information content (AvgIpc) is 3.10. The maximum Gasteiger partial charge on any atom is 0.295 e. The van der Waals surface area contributed by atoms with Crippen molar-refractivity contribution in [3.05, 3.63) is 99.8 Å². The van der Waals surface area contributed by atoms with Gasteiger partial charge < -0.3 is 14.7 Å². The minimum Gasteiger partial charge on any atom is -0.507 e. The molecule has 1 aliphatic rings. The Labute approximate surface area is 209 Å². The van der Waals surface area contributed by atoms with Crippen molar-refractivity contribution in [2.45, 2.75) is 39.3 Å². The number of halogens is 1. The molecule has 2 heterocycles. The van der Waals surface area contributed by atoms with Gasteiger partial charge in [0, 0.05) is 29.5 Å². The predicted octanol–water partition coefficient (Wildman–Crippen LogP) is 5.88. The van der Waals surface area contributed by atoms with Gasteiger partial charge >= 0.3 is 0 Å². The summed E-state index contributed by atoms with van der Waals surface area (Å²) in [5.41, 5.74) is 2.85. The number of rotatable bonds is 7. The van der Waals surface area contributed by atoms with E-state index in [9.17, 15) is 14.7 Å². The number of Topliss-reactive ketones (excluding diaryl/α,β-unsaturated/α-hetero) is 1. The summed E-state index contributed by atoms with van der Waals surface area (Å²) in [6.07, 6.45) is 3.30. The fourth-order valence-corrected chi connectivity index (χ4v) is 4.44. The number of amides is 1. The number of hydrogen-bond donors (Lipinski definition) is 1. The number of aliphatic hydroxyl groups excluding tert-OH is 1. The highest BCUT2D eigenvalue weighted by atomic mass is 35.5. The summed E-state index contributed by atoms with van der Waals surface area (Å²) in [4.78, 5) is 32.1. The van der Waals surface area contributed by atoms with Crippen molar-refractivity contribution in [1.82, 2.24) is 9.88 Å². The van der Waals surface area contributed by atoms with Crippen LogP contribution in [0.15, 0.2) is 72.6 Å². The van der Waals surface area contributed by atoms with Crippen LogP contribution in [-0.4, -0.2) is 33.3 Å². The quantitative estimate of drug-likeness (QED) is 0.254. The van der Waals surface area contributed by atoms with Crippen molar-refractivity contribution in [2.24, 2.45) is 0 Å². The number of carbonyl (C=O) groups is 2. The van der Waals surface area contributed by atoms with Crippen molar-refractivity contribution in [1.29, 1.82) is 0 Å². The minimum absolute atomic E-state index is 0.0417. The summed E-state index contributed by atoms with van der Waals surface area (Å²) in [5.74, 6) is -0.770. The van der Waals surface area contributed by atoms with Gasteiger partial charge in [-0.1, -0.05) is 43.6 Å². The summed E-state index contributed by atoms with van der Waals surface area (Å²) in [6, 6.07) is 15.1. The Morgan fingerprint density at radius 1 is 1.14 bits per heavy atom. The van der Waals surface area contributed by atoms with Gasteiger partial charge in [-0.05, 0) is 65.9 Å². The zero-order chi connectivity index (χ0) is 25.1. The Morgan fingerprint density at radius 3 is 2.51 bits per heavy atom. The molecule has 35 heavy (non-hydrogen) atoms. The third kappa shape index (κ3) is 4.93. The highest BCUT2D eigenvalue weighted by Gasteiger charge is 2.46. The SMILES string of the molecule is CCOc1ccc(/C(O)=C2/C(=O)C(=O)N(Cc3cccnc3)C2c2ccc(Cl)cc2)cc1C(C)C. The van der Waals surface area contributed by atoms with Crippen molar-refractivity contribution in [3.8, 4) is 5.75 Å². The van der Waals surface area contributed by atoms with Crippen LogP contribution in [0.25, 0.3) is 5.76 Å². The molecule has 0 saturated carbocycles. The first-order valence-corrected chi connectivity index (χ1v) is 11.9. The molecule has 1 amide bonds. The molecule has 7 heteroatoms. The van der Waals surface area contributed by atoms with Crippen molar-refractivity contribution in [2.75, 3.05) is 6.61 Å². The Hall–Kier alpha value is -3.64. The molecule has 0 radical (unpaired) electrons. The van der Waals surface area contributed by atoms with E-state index in [0.29, 0.717) is 22.8 Å². The van der Waals surface area contributed by atoms with Gasteiger partial charge in [0.25, 0.3) is 11.7 Å². The van der Waals surface area contributed by atoms with Gasteiger partial charge in [-0.25, -0.2) is 0 Å². The largest absolute Gasteiger partial charge is 0.507 e. The summed E-state index contributed by atoms with van der Waals surface area (Å²) >= 11 is 6.10. The van der Waals surface area contributed by atoms with Crippen molar-refractivity contribution in [3.63, 3.8) is 0 Å². The molecule has 1 aliphatic heterocycles. The molecule has 1 aromatic heterocycles. The fraction of sp³-hybridized carbons (Fsp3) is 0.250. The van der Waals surface area contributed by atoms with Crippen LogP contribution in [0, 0.1) is 0 Å². The van der Waals surface area contributed by atoms with Gasteiger partial charge in [-0.2, -0.15) is 0 Å². The number of likely N-dealkylation sites (tertiary alicyclic amines) is 1. The van der Waals surface area contributed by atoms with Crippen LogP contribution in [-0.2, 0) is 16.1 Å². The third-order valence-electron chi connectivity index (χ3n) is 6.01. The van der Waals surface area contributed by atoms with E-state index in [0.717, 1.165) is 16.9 Å². The monoisotopic (exact) mass is 490 g/mol. The van der Waals surface area contributed by atoms with Crippen molar-refractivity contribution >= 4 is 29.1 Å². The van der Waals surface area contributed by atoms with Crippen LogP contribution in [0.1, 0.15) is 55.0 Å². The second kappa shape index (κ2) is 10.3. The van der Waals surface area contributed by atoms with E-state index in [1.807, 2.05) is 32.9 Å². The lowest BCUT2D eigenvalue weighted by Gasteiger charge is -2.25. The molecule has 1 N–H and O–H groups in total. The van der Waals surface area contributed by atoms with E-state index in [1.165, 1.54) is 4.90 Å². The summed E-state index contributed by atoms with van der Waals surface area (Å²) in [7, 11) is 0. The first kappa shape index (κ1) is 24.5. The number of benzene rings is 2. The van der Waals surface area contributed by atoms with Gasteiger partial charge in [-0.15, -0.1) is 0 Å². The van der Waals surface area contributed by atoms with Crippen LogP contribution in [0.4, 0.5) is 0 Å². The minimum atomic E-state index is -0.776. The lowest BCUT2D eigenvalue weighted by Crippen LogP contribution is -2.29. The molecular weight excluding hydrogens is 464 g/mol. The second-order valence-corrected chi connectivity index (χ2v) is 9.12. The Bertz CT molecular complexity index is 1270. The molecule has 1 fully saturated rings. The average molecular weight is 491 g/mol. The predicted molar refractivity (Wildman–Crippen MR) is 135 cm³/mol. The van der Waals surface area contributed by atoms with Crippen molar-refractivity contribution < 1.29 is 19.4 Å². The van der Waals surface area contributed by atoms with E-state index < -0.39 is 17.7 Å². The normalized spacial score (nSPS) is 17.3.